The minimum Gasteiger partial charge on any atom is -0.399 e. The SMILES string of the molecule is Nc1ccc2c(c1)nc(CO)n2C1CCCSC1. The van der Waals surface area contributed by atoms with E-state index in [2.05, 4.69) is 9.55 Å². The fourth-order valence-electron chi connectivity index (χ4n) is 2.61. The zero-order valence-electron chi connectivity index (χ0n) is 10.2. The molecule has 4 nitrogen and oxygen atoms in total. The normalized spacial score (nSPS) is 20.4. The molecule has 5 heteroatoms. The number of aliphatic hydroxyl groups excluding tert-OH is 1. The fraction of sp³-hybridized carbons (Fsp3) is 0.462. The Labute approximate surface area is 110 Å². The Bertz CT molecular complexity index is 561. The molecule has 1 fully saturated rings. The van der Waals surface area contributed by atoms with Crippen molar-refractivity contribution < 1.29 is 5.11 Å². The Morgan fingerprint density at radius 1 is 1.50 bits per heavy atom. The molecular formula is C13H17N3OS. The van der Waals surface area contributed by atoms with Gasteiger partial charge in [0, 0.05) is 17.5 Å². The van der Waals surface area contributed by atoms with Gasteiger partial charge in [0.15, 0.2) is 0 Å². The second-order valence-electron chi connectivity index (χ2n) is 4.68. The molecule has 0 radical (unpaired) electrons. The van der Waals surface area contributed by atoms with E-state index in [9.17, 15) is 5.11 Å². The molecule has 3 rings (SSSR count). The number of thioether (sulfide) groups is 1. The van der Waals surface area contributed by atoms with E-state index in [1.165, 1.54) is 12.2 Å². The third kappa shape index (κ3) is 1.97. The minimum absolute atomic E-state index is 0.0181. The van der Waals surface area contributed by atoms with Crippen molar-refractivity contribution in [2.24, 2.45) is 0 Å². The van der Waals surface area contributed by atoms with E-state index in [-0.39, 0.29) is 6.61 Å². The van der Waals surface area contributed by atoms with Crippen LogP contribution in [0.5, 0.6) is 0 Å². The number of nitrogen functional groups attached to an aromatic ring is 1. The first-order chi connectivity index (χ1) is 8.79. The second-order valence-corrected chi connectivity index (χ2v) is 5.83. The van der Waals surface area contributed by atoms with E-state index in [1.807, 2.05) is 30.0 Å². The van der Waals surface area contributed by atoms with Crippen molar-refractivity contribution >= 4 is 28.5 Å². The summed E-state index contributed by atoms with van der Waals surface area (Å²) in [7, 11) is 0. The lowest BCUT2D eigenvalue weighted by molar-refractivity contribution is 0.261. The van der Waals surface area contributed by atoms with Gasteiger partial charge in [0.25, 0.3) is 0 Å². The average molecular weight is 263 g/mol. The van der Waals surface area contributed by atoms with Crippen molar-refractivity contribution in [3.63, 3.8) is 0 Å². The minimum atomic E-state index is -0.0181. The quantitative estimate of drug-likeness (QED) is 0.815. The van der Waals surface area contributed by atoms with Crippen LogP contribution in [-0.4, -0.2) is 26.2 Å². The summed E-state index contributed by atoms with van der Waals surface area (Å²) < 4.78 is 2.20. The third-order valence-electron chi connectivity index (χ3n) is 3.43. The van der Waals surface area contributed by atoms with Gasteiger partial charge in [-0.1, -0.05) is 0 Å². The van der Waals surface area contributed by atoms with Gasteiger partial charge in [0.1, 0.15) is 12.4 Å². The van der Waals surface area contributed by atoms with Gasteiger partial charge in [0.2, 0.25) is 0 Å². The van der Waals surface area contributed by atoms with E-state index < -0.39 is 0 Å². The van der Waals surface area contributed by atoms with E-state index in [1.54, 1.807) is 0 Å². The van der Waals surface area contributed by atoms with Gasteiger partial charge in [-0.25, -0.2) is 4.98 Å². The smallest absolute Gasteiger partial charge is 0.135 e. The summed E-state index contributed by atoms with van der Waals surface area (Å²) >= 11 is 1.98. The fourth-order valence-corrected chi connectivity index (χ4v) is 3.74. The Morgan fingerprint density at radius 3 is 3.11 bits per heavy atom. The monoisotopic (exact) mass is 263 g/mol. The van der Waals surface area contributed by atoms with E-state index >= 15 is 0 Å². The summed E-state index contributed by atoms with van der Waals surface area (Å²) in [6.07, 6.45) is 2.39. The van der Waals surface area contributed by atoms with Gasteiger partial charge in [-0.05, 0) is 36.8 Å². The highest BCUT2D eigenvalue weighted by Gasteiger charge is 2.21. The van der Waals surface area contributed by atoms with Gasteiger partial charge in [-0.2, -0.15) is 11.8 Å². The summed E-state index contributed by atoms with van der Waals surface area (Å²) in [5.74, 6) is 3.09. The maximum absolute atomic E-state index is 9.50. The number of aromatic nitrogens is 2. The van der Waals surface area contributed by atoms with E-state index in [0.717, 1.165) is 34.7 Å². The van der Waals surface area contributed by atoms with Gasteiger partial charge < -0.3 is 15.4 Å². The Kier molecular flexibility index (Phi) is 3.18. The number of hydrogen-bond donors (Lipinski definition) is 2. The first-order valence-corrected chi connectivity index (χ1v) is 7.40. The van der Waals surface area contributed by atoms with Crippen LogP contribution >= 0.6 is 11.8 Å². The standard InChI is InChI=1S/C13H17N3OS/c14-9-3-4-12-11(6-9)15-13(7-17)16(12)10-2-1-5-18-8-10/h3-4,6,10,17H,1-2,5,7-8,14H2. The van der Waals surface area contributed by atoms with Crippen molar-refractivity contribution in [2.45, 2.75) is 25.5 Å². The molecule has 2 aromatic rings. The highest BCUT2D eigenvalue weighted by molar-refractivity contribution is 7.99. The zero-order valence-corrected chi connectivity index (χ0v) is 11.0. The van der Waals surface area contributed by atoms with Crippen molar-refractivity contribution in [3.8, 4) is 0 Å². The molecule has 0 aliphatic carbocycles. The number of nitrogens with zero attached hydrogens (tertiary/aromatic N) is 2. The van der Waals surface area contributed by atoms with Crippen LogP contribution < -0.4 is 5.73 Å². The number of benzene rings is 1. The number of rotatable bonds is 2. The van der Waals surface area contributed by atoms with E-state index in [0.29, 0.717) is 6.04 Å². The Balaban J connectivity index is 2.12. The van der Waals surface area contributed by atoms with Crippen LogP contribution in [0.15, 0.2) is 18.2 Å². The number of aliphatic hydroxyl groups is 1. The van der Waals surface area contributed by atoms with Gasteiger partial charge in [-0.15, -0.1) is 0 Å². The highest BCUT2D eigenvalue weighted by Crippen LogP contribution is 2.31. The molecule has 2 heterocycles. The topological polar surface area (TPSA) is 64.1 Å². The maximum Gasteiger partial charge on any atom is 0.135 e. The van der Waals surface area contributed by atoms with E-state index in [4.69, 9.17) is 5.73 Å². The predicted octanol–water partition coefficient (Wildman–Crippen LogP) is 2.18. The van der Waals surface area contributed by atoms with Crippen LogP contribution in [-0.2, 0) is 6.61 Å². The summed E-state index contributed by atoms with van der Waals surface area (Å²) in [6.45, 7) is -0.0181. The first kappa shape index (κ1) is 11.9. The van der Waals surface area contributed by atoms with Gasteiger partial charge >= 0.3 is 0 Å². The largest absolute Gasteiger partial charge is 0.399 e. The maximum atomic E-state index is 9.50. The Hall–Kier alpha value is -1.20. The van der Waals surface area contributed by atoms with Crippen LogP contribution in [0.3, 0.4) is 0 Å². The number of fused-ring (bicyclic) bond motifs is 1. The number of anilines is 1. The summed E-state index contributed by atoms with van der Waals surface area (Å²) in [6, 6.07) is 6.23. The van der Waals surface area contributed by atoms with Gasteiger partial charge in [0.05, 0.1) is 11.0 Å². The Morgan fingerprint density at radius 2 is 2.39 bits per heavy atom. The molecule has 1 aromatic carbocycles. The van der Waals surface area contributed by atoms with Crippen molar-refractivity contribution in [1.82, 2.24) is 9.55 Å². The molecule has 96 valence electrons. The molecule has 0 spiro atoms. The van der Waals surface area contributed by atoms with Crippen LogP contribution in [0.1, 0.15) is 24.7 Å². The van der Waals surface area contributed by atoms with Gasteiger partial charge in [-0.3, -0.25) is 0 Å². The van der Waals surface area contributed by atoms with Crippen LogP contribution in [0.25, 0.3) is 11.0 Å². The first-order valence-electron chi connectivity index (χ1n) is 6.24. The molecular weight excluding hydrogens is 246 g/mol. The van der Waals surface area contributed by atoms with Crippen LogP contribution in [0.4, 0.5) is 5.69 Å². The average Bonchev–Trinajstić information content (AvgIpc) is 2.77. The molecule has 3 N–H and O–H groups in total. The lowest BCUT2D eigenvalue weighted by Crippen LogP contribution is -2.18. The van der Waals surface area contributed by atoms with Crippen LogP contribution in [0.2, 0.25) is 0 Å². The van der Waals surface area contributed by atoms with Crippen molar-refractivity contribution in [2.75, 3.05) is 17.2 Å². The lowest BCUT2D eigenvalue weighted by Gasteiger charge is -2.24. The molecule has 1 atom stereocenters. The lowest BCUT2D eigenvalue weighted by atomic mass is 10.1. The molecule has 1 aliphatic heterocycles. The summed E-state index contributed by atoms with van der Waals surface area (Å²) in [5.41, 5.74) is 8.47. The molecule has 0 saturated carbocycles. The molecule has 18 heavy (non-hydrogen) atoms. The third-order valence-corrected chi connectivity index (χ3v) is 4.63. The van der Waals surface area contributed by atoms with Crippen molar-refractivity contribution in [3.05, 3.63) is 24.0 Å². The highest BCUT2D eigenvalue weighted by atomic mass is 32.2. The number of nitrogens with two attached hydrogens (primary N) is 1. The number of hydrogen-bond acceptors (Lipinski definition) is 4. The van der Waals surface area contributed by atoms with Crippen molar-refractivity contribution in [1.29, 1.82) is 0 Å². The molecule has 1 saturated heterocycles. The number of imidazole rings is 1. The molecule has 0 bridgehead atoms. The molecule has 1 unspecified atom stereocenters. The molecule has 0 amide bonds. The summed E-state index contributed by atoms with van der Waals surface area (Å²) in [4.78, 5) is 4.49. The molecule has 1 aliphatic rings. The predicted molar refractivity (Wildman–Crippen MR) is 75.7 cm³/mol. The zero-order chi connectivity index (χ0) is 12.5. The second kappa shape index (κ2) is 4.82. The molecule has 1 aromatic heterocycles. The summed E-state index contributed by atoms with van der Waals surface area (Å²) in [5, 5.41) is 9.50. The van der Waals surface area contributed by atoms with Crippen LogP contribution in [0, 0.1) is 0 Å².